The van der Waals surface area contributed by atoms with Crippen LogP contribution in [-0.4, -0.2) is 12.3 Å². The predicted molar refractivity (Wildman–Crippen MR) is 96.8 cm³/mol. The average molecular weight is 423 g/mol. The Morgan fingerprint density at radius 2 is 1.70 bits per heavy atom. The minimum absolute atomic E-state index is 0.0110. The largest absolute Gasteiger partial charge is 0.573 e. The van der Waals surface area contributed by atoms with Gasteiger partial charge in [-0.3, -0.25) is 9.59 Å². The maximum atomic E-state index is 12.9. The Morgan fingerprint density at radius 1 is 1.03 bits per heavy atom. The van der Waals surface area contributed by atoms with Crippen molar-refractivity contribution in [2.45, 2.75) is 13.0 Å². The van der Waals surface area contributed by atoms with Crippen molar-refractivity contribution in [2.24, 2.45) is 0 Å². The Hall–Kier alpha value is -3.82. The van der Waals surface area contributed by atoms with E-state index in [-0.39, 0.29) is 23.8 Å². The zero-order valence-electron chi connectivity index (χ0n) is 15.0. The molecule has 0 radical (unpaired) electrons. The van der Waals surface area contributed by atoms with Gasteiger partial charge in [0.1, 0.15) is 24.4 Å². The van der Waals surface area contributed by atoms with Crippen molar-refractivity contribution in [1.29, 1.82) is 0 Å². The van der Waals surface area contributed by atoms with Crippen LogP contribution in [0.4, 0.5) is 23.2 Å². The predicted octanol–water partition coefficient (Wildman–Crippen LogP) is 4.51. The third-order valence-electron chi connectivity index (χ3n) is 3.68. The van der Waals surface area contributed by atoms with E-state index in [0.29, 0.717) is 5.56 Å². The van der Waals surface area contributed by atoms with Crippen molar-refractivity contribution >= 4 is 11.6 Å². The van der Waals surface area contributed by atoms with Crippen LogP contribution in [-0.2, 0) is 6.61 Å². The summed E-state index contributed by atoms with van der Waals surface area (Å²) in [7, 11) is 0. The summed E-state index contributed by atoms with van der Waals surface area (Å²) in [4.78, 5) is 24.3. The number of ether oxygens (including phenoxy) is 2. The molecule has 156 valence electrons. The van der Waals surface area contributed by atoms with Crippen molar-refractivity contribution in [3.63, 3.8) is 0 Å². The molecule has 10 heteroatoms. The van der Waals surface area contributed by atoms with Gasteiger partial charge in [-0.15, -0.1) is 13.2 Å². The topological polar surface area (TPSA) is 77.8 Å². The van der Waals surface area contributed by atoms with Crippen LogP contribution in [0.15, 0.2) is 70.1 Å². The molecule has 0 fully saturated rings. The lowest BCUT2D eigenvalue weighted by atomic mass is 10.2. The second-order valence-electron chi connectivity index (χ2n) is 5.91. The highest BCUT2D eigenvalue weighted by Gasteiger charge is 2.31. The summed E-state index contributed by atoms with van der Waals surface area (Å²) >= 11 is 0. The molecule has 0 aliphatic carbocycles. The minimum Gasteiger partial charge on any atom is -0.482 e. The van der Waals surface area contributed by atoms with Gasteiger partial charge in [-0.25, -0.2) is 4.39 Å². The number of hydrogen-bond acceptors (Lipinski definition) is 5. The number of benzene rings is 2. The molecule has 0 atom stereocenters. The van der Waals surface area contributed by atoms with Gasteiger partial charge in [-0.2, -0.15) is 0 Å². The molecule has 0 aliphatic heterocycles. The van der Waals surface area contributed by atoms with Crippen LogP contribution in [0.25, 0.3) is 0 Å². The molecule has 1 heterocycles. The zero-order chi connectivity index (χ0) is 21.7. The highest BCUT2D eigenvalue weighted by molar-refractivity contribution is 6.02. The molecule has 0 saturated heterocycles. The lowest BCUT2D eigenvalue weighted by molar-refractivity contribution is -0.274. The van der Waals surface area contributed by atoms with E-state index in [9.17, 15) is 27.2 Å². The normalized spacial score (nSPS) is 11.1. The van der Waals surface area contributed by atoms with Gasteiger partial charge in [0.2, 0.25) is 11.2 Å². The van der Waals surface area contributed by atoms with Crippen LogP contribution in [0.1, 0.15) is 16.1 Å². The molecule has 0 unspecified atom stereocenters. The highest BCUT2D eigenvalue weighted by Crippen LogP contribution is 2.24. The maximum absolute atomic E-state index is 12.9. The van der Waals surface area contributed by atoms with E-state index in [2.05, 4.69) is 10.1 Å². The molecule has 30 heavy (non-hydrogen) atoms. The lowest BCUT2D eigenvalue weighted by Gasteiger charge is -2.10. The van der Waals surface area contributed by atoms with Crippen LogP contribution in [0, 0.1) is 5.82 Å². The first-order chi connectivity index (χ1) is 14.2. The molecule has 0 bridgehead atoms. The van der Waals surface area contributed by atoms with Crippen molar-refractivity contribution in [1.82, 2.24) is 0 Å². The van der Waals surface area contributed by atoms with E-state index in [1.165, 1.54) is 36.4 Å². The van der Waals surface area contributed by atoms with Crippen molar-refractivity contribution < 1.29 is 36.2 Å². The number of nitrogens with one attached hydrogen (secondary N) is 1. The molecule has 0 saturated carbocycles. The summed E-state index contributed by atoms with van der Waals surface area (Å²) in [5, 5.41) is 2.37. The number of carbonyl (C=O) groups is 1. The van der Waals surface area contributed by atoms with Gasteiger partial charge in [0, 0.05) is 11.8 Å². The van der Waals surface area contributed by atoms with Gasteiger partial charge in [-0.05, 0) is 42.0 Å². The Labute approximate surface area is 166 Å². The van der Waals surface area contributed by atoms with E-state index in [1.54, 1.807) is 0 Å². The molecular formula is C20H13F4NO5. The maximum Gasteiger partial charge on any atom is 0.573 e. The van der Waals surface area contributed by atoms with E-state index in [1.807, 2.05) is 0 Å². The smallest absolute Gasteiger partial charge is 0.482 e. The zero-order valence-corrected chi connectivity index (χ0v) is 15.0. The number of rotatable bonds is 6. The minimum atomic E-state index is -4.82. The molecule has 1 amide bonds. The standard InChI is InChI=1S/C20H13F4NO5/c21-13-3-1-12(2-4-13)10-28-18-11-29-17(9-16(18)26)19(27)25-14-5-7-15(8-6-14)30-20(22,23)24/h1-9,11H,10H2,(H,25,27). The van der Waals surface area contributed by atoms with Gasteiger partial charge < -0.3 is 19.2 Å². The van der Waals surface area contributed by atoms with Gasteiger partial charge in [0.15, 0.2) is 5.76 Å². The van der Waals surface area contributed by atoms with Crippen LogP contribution < -0.4 is 20.2 Å². The summed E-state index contributed by atoms with van der Waals surface area (Å²) in [6.45, 7) is -0.0110. The van der Waals surface area contributed by atoms with Crippen LogP contribution in [0.2, 0.25) is 0 Å². The fourth-order valence-electron chi connectivity index (χ4n) is 2.30. The van der Waals surface area contributed by atoms with Gasteiger partial charge in [-0.1, -0.05) is 12.1 Å². The molecule has 1 N–H and O–H groups in total. The number of alkyl halides is 3. The molecule has 0 aliphatic rings. The number of amides is 1. The van der Waals surface area contributed by atoms with Gasteiger partial charge in [0.25, 0.3) is 5.91 Å². The fourth-order valence-corrected chi connectivity index (χ4v) is 2.30. The Morgan fingerprint density at radius 3 is 2.30 bits per heavy atom. The Bertz CT molecular complexity index is 1080. The molecule has 6 nitrogen and oxygen atoms in total. The SMILES string of the molecule is O=C(Nc1ccc(OC(F)(F)F)cc1)c1cc(=O)c(OCc2ccc(F)cc2)co1. The van der Waals surface area contributed by atoms with Crippen LogP contribution >= 0.6 is 0 Å². The van der Waals surface area contributed by atoms with E-state index >= 15 is 0 Å². The summed E-state index contributed by atoms with van der Waals surface area (Å²) in [6, 6.07) is 10.8. The summed E-state index contributed by atoms with van der Waals surface area (Å²) in [5.41, 5.74) is 0.159. The monoisotopic (exact) mass is 423 g/mol. The number of hydrogen-bond donors (Lipinski definition) is 1. The quantitative estimate of drug-likeness (QED) is 0.591. The molecule has 3 rings (SSSR count). The average Bonchev–Trinajstić information content (AvgIpc) is 2.68. The third kappa shape index (κ3) is 5.84. The van der Waals surface area contributed by atoms with Gasteiger partial charge >= 0.3 is 6.36 Å². The Balaban J connectivity index is 1.62. The molecule has 2 aromatic carbocycles. The van der Waals surface area contributed by atoms with E-state index < -0.39 is 29.3 Å². The molecule has 0 spiro atoms. The van der Waals surface area contributed by atoms with Crippen molar-refractivity contribution in [2.75, 3.05) is 5.32 Å². The van der Waals surface area contributed by atoms with E-state index in [4.69, 9.17) is 9.15 Å². The Kier molecular flexibility index (Phi) is 6.05. The fraction of sp³-hybridized carbons (Fsp3) is 0.100. The first-order valence-electron chi connectivity index (χ1n) is 8.37. The summed E-state index contributed by atoms with van der Waals surface area (Å²) < 4.78 is 63.5. The van der Waals surface area contributed by atoms with Crippen LogP contribution in [0.3, 0.4) is 0 Å². The molecular weight excluding hydrogens is 410 g/mol. The third-order valence-corrected chi connectivity index (χ3v) is 3.68. The van der Waals surface area contributed by atoms with Crippen molar-refractivity contribution in [3.8, 4) is 11.5 Å². The molecule has 3 aromatic rings. The van der Waals surface area contributed by atoms with E-state index in [0.717, 1.165) is 24.5 Å². The number of anilines is 1. The first-order valence-corrected chi connectivity index (χ1v) is 8.37. The summed E-state index contributed by atoms with van der Waals surface area (Å²) in [5.74, 6) is -2.12. The second-order valence-corrected chi connectivity index (χ2v) is 5.91. The first kappa shape index (κ1) is 20.9. The second kappa shape index (κ2) is 8.68. The van der Waals surface area contributed by atoms with Crippen LogP contribution in [0.5, 0.6) is 11.5 Å². The number of carbonyl (C=O) groups excluding carboxylic acids is 1. The molecule has 1 aromatic heterocycles. The highest BCUT2D eigenvalue weighted by atomic mass is 19.4. The lowest BCUT2D eigenvalue weighted by Crippen LogP contribution is -2.17. The summed E-state index contributed by atoms with van der Waals surface area (Å²) in [6.07, 6.45) is -3.87. The van der Waals surface area contributed by atoms with Crippen molar-refractivity contribution in [3.05, 3.63) is 88.2 Å². The van der Waals surface area contributed by atoms with Gasteiger partial charge in [0.05, 0.1) is 0 Å². The number of halogens is 4.